The van der Waals surface area contributed by atoms with Crippen molar-refractivity contribution >= 4 is 17.6 Å². The number of nitrogens with zero attached hydrogens (tertiary/aromatic N) is 5. The molecule has 0 N–H and O–H groups in total. The molecule has 0 unspecified atom stereocenters. The van der Waals surface area contributed by atoms with Crippen LogP contribution < -0.4 is 14.5 Å². The third kappa shape index (κ3) is 4.37. The Labute approximate surface area is 175 Å². The molecule has 2 aromatic carbocycles. The van der Waals surface area contributed by atoms with Crippen molar-refractivity contribution in [3.63, 3.8) is 0 Å². The Morgan fingerprint density at radius 3 is 2.43 bits per heavy atom. The zero-order valence-corrected chi connectivity index (χ0v) is 17.2. The van der Waals surface area contributed by atoms with Gasteiger partial charge in [0.2, 0.25) is 11.7 Å². The van der Waals surface area contributed by atoms with E-state index in [9.17, 15) is 4.79 Å². The van der Waals surface area contributed by atoms with Gasteiger partial charge in [-0.3, -0.25) is 4.79 Å². The van der Waals surface area contributed by atoms with Crippen molar-refractivity contribution < 1.29 is 14.1 Å². The standard InChI is InChI=1S/C22H25N5O3/c1-25(22-23-21(24-30-22)17-8-10-19(29-2)11-9-17)16-20(28)27-14-12-26(13-15-27)18-6-4-3-5-7-18/h3-11H,12-16H2,1-2H3. The lowest BCUT2D eigenvalue weighted by atomic mass is 10.2. The molecule has 0 atom stereocenters. The lowest BCUT2D eigenvalue weighted by Crippen LogP contribution is -2.51. The SMILES string of the molecule is COc1ccc(-c2noc(N(C)CC(=O)N3CCN(c4ccccc4)CC3)n2)cc1. The lowest BCUT2D eigenvalue weighted by molar-refractivity contribution is -0.130. The van der Waals surface area contributed by atoms with Gasteiger partial charge < -0.3 is 24.0 Å². The van der Waals surface area contributed by atoms with Crippen LogP contribution in [0.15, 0.2) is 59.1 Å². The number of likely N-dealkylation sites (N-methyl/N-ethyl adjacent to an activating group) is 1. The number of hydrogen-bond donors (Lipinski definition) is 0. The van der Waals surface area contributed by atoms with Crippen molar-refractivity contribution in [3.8, 4) is 17.1 Å². The van der Waals surface area contributed by atoms with Gasteiger partial charge in [-0.15, -0.1) is 0 Å². The minimum Gasteiger partial charge on any atom is -0.497 e. The summed E-state index contributed by atoms with van der Waals surface area (Å²) < 4.78 is 10.5. The number of hydrogen-bond acceptors (Lipinski definition) is 7. The van der Waals surface area contributed by atoms with Gasteiger partial charge in [-0.25, -0.2) is 0 Å². The van der Waals surface area contributed by atoms with E-state index < -0.39 is 0 Å². The minimum absolute atomic E-state index is 0.0504. The number of carbonyl (C=O) groups is 1. The number of ether oxygens (including phenoxy) is 1. The van der Waals surface area contributed by atoms with Gasteiger partial charge in [0, 0.05) is 44.5 Å². The summed E-state index contributed by atoms with van der Waals surface area (Å²) in [6, 6.07) is 18.0. The first-order chi connectivity index (χ1) is 14.6. The summed E-state index contributed by atoms with van der Waals surface area (Å²) >= 11 is 0. The number of rotatable bonds is 6. The van der Waals surface area contributed by atoms with Crippen LogP contribution in [0.3, 0.4) is 0 Å². The number of piperazine rings is 1. The molecule has 4 rings (SSSR count). The molecule has 1 fully saturated rings. The molecule has 3 aromatic rings. The highest BCUT2D eigenvalue weighted by atomic mass is 16.5. The number of aromatic nitrogens is 2. The molecule has 1 aliphatic rings. The molecule has 1 aliphatic heterocycles. The van der Waals surface area contributed by atoms with E-state index in [-0.39, 0.29) is 12.5 Å². The monoisotopic (exact) mass is 407 g/mol. The van der Waals surface area contributed by atoms with Crippen LogP contribution in [0.2, 0.25) is 0 Å². The summed E-state index contributed by atoms with van der Waals surface area (Å²) in [5, 5.41) is 4.03. The molecule has 1 aromatic heterocycles. The average molecular weight is 407 g/mol. The number of carbonyl (C=O) groups excluding carboxylic acids is 1. The number of methoxy groups -OCH3 is 1. The molecule has 0 spiro atoms. The van der Waals surface area contributed by atoms with Crippen LogP contribution in [0.5, 0.6) is 5.75 Å². The maximum Gasteiger partial charge on any atom is 0.324 e. The minimum atomic E-state index is 0.0504. The molecule has 8 heteroatoms. The van der Waals surface area contributed by atoms with Crippen molar-refractivity contribution in [1.82, 2.24) is 15.0 Å². The summed E-state index contributed by atoms with van der Waals surface area (Å²) in [6.07, 6.45) is 0. The van der Waals surface area contributed by atoms with Crippen LogP contribution in [0, 0.1) is 0 Å². The van der Waals surface area contributed by atoms with E-state index in [1.54, 1.807) is 19.1 Å². The molecule has 30 heavy (non-hydrogen) atoms. The Morgan fingerprint density at radius 1 is 1.07 bits per heavy atom. The maximum atomic E-state index is 12.7. The van der Waals surface area contributed by atoms with Gasteiger partial charge in [-0.05, 0) is 36.4 Å². The van der Waals surface area contributed by atoms with Gasteiger partial charge >= 0.3 is 6.01 Å². The normalized spacial score (nSPS) is 13.9. The second-order valence-corrected chi connectivity index (χ2v) is 7.19. The molecular formula is C22H25N5O3. The second kappa shape index (κ2) is 8.86. The van der Waals surface area contributed by atoms with Gasteiger partial charge in [0.25, 0.3) is 0 Å². The predicted molar refractivity (Wildman–Crippen MR) is 115 cm³/mol. The van der Waals surface area contributed by atoms with Crippen LogP contribution >= 0.6 is 0 Å². The van der Waals surface area contributed by atoms with Crippen molar-refractivity contribution in [2.45, 2.75) is 0 Å². The van der Waals surface area contributed by atoms with Gasteiger partial charge in [0.05, 0.1) is 7.11 Å². The molecule has 8 nitrogen and oxygen atoms in total. The smallest absolute Gasteiger partial charge is 0.324 e. The molecule has 0 radical (unpaired) electrons. The van der Waals surface area contributed by atoms with Gasteiger partial charge in [0.1, 0.15) is 12.3 Å². The fourth-order valence-corrected chi connectivity index (χ4v) is 3.45. The number of anilines is 2. The fraction of sp³-hybridized carbons (Fsp3) is 0.318. The van der Waals surface area contributed by atoms with Gasteiger partial charge in [-0.1, -0.05) is 23.4 Å². The van der Waals surface area contributed by atoms with E-state index in [4.69, 9.17) is 9.26 Å². The third-order valence-corrected chi connectivity index (χ3v) is 5.22. The van der Waals surface area contributed by atoms with E-state index in [2.05, 4.69) is 27.2 Å². The van der Waals surface area contributed by atoms with Crippen molar-refractivity contribution in [2.24, 2.45) is 0 Å². The number of benzene rings is 2. The summed E-state index contributed by atoms with van der Waals surface area (Å²) in [6.45, 7) is 3.23. The Hall–Kier alpha value is -3.55. The largest absolute Gasteiger partial charge is 0.497 e. The molecular weight excluding hydrogens is 382 g/mol. The quantitative estimate of drug-likeness (QED) is 0.622. The summed E-state index contributed by atoms with van der Waals surface area (Å²) in [5.41, 5.74) is 2.01. The number of para-hydroxylation sites is 1. The molecule has 0 saturated carbocycles. The molecule has 156 valence electrons. The van der Waals surface area contributed by atoms with E-state index in [1.165, 1.54) is 5.69 Å². The Kier molecular flexibility index (Phi) is 5.83. The average Bonchev–Trinajstić information content (AvgIpc) is 3.30. The zero-order chi connectivity index (χ0) is 20.9. The fourth-order valence-electron chi connectivity index (χ4n) is 3.45. The first-order valence-electron chi connectivity index (χ1n) is 9.91. The van der Waals surface area contributed by atoms with Gasteiger partial charge in [-0.2, -0.15) is 4.98 Å². The van der Waals surface area contributed by atoms with Crippen LogP contribution in [0.1, 0.15) is 0 Å². The van der Waals surface area contributed by atoms with Gasteiger partial charge in [0.15, 0.2) is 0 Å². The Morgan fingerprint density at radius 2 is 1.77 bits per heavy atom. The van der Waals surface area contributed by atoms with Crippen LogP contribution in [0.25, 0.3) is 11.4 Å². The Balaban J connectivity index is 1.32. The van der Waals surface area contributed by atoms with E-state index in [0.717, 1.165) is 24.4 Å². The third-order valence-electron chi connectivity index (χ3n) is 5.22. The molecule has 1 amide bonds. The van der Waals surface area contributed by atoms with E-state index >= 15 is 0 Å². The van der Waals surface area contributed by atoms with Crippen LogP contribution in [0.4, 0.5) is 11.7 Å². The summed E-state index contributed by atoms with van der Waals surface area (Å²) in [4.78, 5) is 23.0. The van der Waals surface area contributed by atoms with Crippen molar-refractivity contribution in [2.75, 3.05) is 56.7 Å². The molecule has 0 aliphatic carbocycles. The topological polar surface area (TPSA) is 74.9 Å². The second-order valence-electron chi connectivity index (χ2n) is 7.19. The lowest BCUT2D eigenvalue weighted by Gasteiger charge is -2.36. The molecule has 0 bridgehead atoms. The maximum absolute atomic E-state index is 12.7. The first-order valence-corrected chi connectivity index (χ1v) is 9.91. The van der Waals surface area contributed by atoms with Crippen LogP contribution in [-0.4, -0.2) is 67.8 Å². The predicted octanol–water partition coefficient (Wildman–Crippen LogP) is 2.53. The molecule has 2 heterocycles. The first kappa shape index (κ1) is 19.8. The number of amides is 1. The zero-order valence-electron chi connectivity index (χ0n) is 17.2. The highest BCUT2D eigenvalue weighted by molar-refractivity contribution is 5.81. The van der Waals surface area contributed by atoms with E-state index in [0.29, 0.717) is 24.9 Å². The summed E-state index contributed by atoms with van der Waals surface area (Å²) in [7, 11) is 3.40. The van der Waals surface area contributed by atoms with Crippen molar-refractivity contribution in [1.29, 1.82) is 0 Å². The summed E-state index contributed by atoms with van der Waals surface area (Å²) in [5.74, 6) is 1.29. The highest BCUT2D eigenvalue weighted by Gasteiger charge is 2.23. The highest BCUT2D eigenvalue weighted by Crippen LogP contribution is 2.22. The molecule has 1 saturated heterocycles. The van der Waals surface area contributed by atoms with Crippen molar-refractivity contribution in [3.05, 3.63) is 54.6 Å². The van der Waals surface area contributed by atoms with Crippen LogP contribution in [-0.2, 0) is 4.79 Å². The Bertz CT molecular complexity index is 966. The van der Waals surface area contributed by atoms with E-state index in [1.807, 2.05) is 47.4 Å².